The third-order valence-corrected chi connectivity index (χ3v) is 3.42. The summed E-state index contributed by atoms with van der Waals surface area (Å²) in [5.74, 6) is 5.43. The molecule has 0 aliphatic heterocycles. The van der Waals surface area contributed by atoms with E-state index in [-0.39, 0.29) is 11.9 Å². The van der Waals surface area contributed by atoms with Crippen molar-refractivity contribution in [1.82, 2.24) is 5.43 Å². The Morgan fingerprint density at radius 3 is 2.35 bits per heavy atom. The molecule has 0 spiro atoms. The fourth-order valence-corrected chi connectivity index (χ4v) is 2.48. The molecule has 20 heavy (non-hydrogen) atoms. The second kappa shape index (κ2) is 6.64. The van der Waals surface area contributed by atoms with Gasteiger partial charge in [0.1, 0.15) is 5.82 Å². The van der Waals surface area contributed by atoms with Gasteiger partial charge in [-0.3, -0.25) is 5.84 Å². The first-order valence-corrected chi connectivity index (χ1v) is 6.96. The Labute approximate surface area is 119 Å². The van der Waals surface area contributed by atoms with Gasteiger partial charge in [0.25, 0.3) is 0 Å². The van der Waals surface area contributed by atoms with Gasteiger partial charge < -0.3 is 0 Å². The fourth-order valence-electron chi connectivity index (χ4n) is 2.48. The third kappa shape index (κ3) is 3.44. The Morgan fingerprint density at radius 2 is 1.80 bits per heavy atom. The van der Waals surface area contributed by atoms with Crippen molar-refractivity contribution in [3.05, 3.63) is 70.5 Å². The Bertz CT molecular complexity index is 543. The van der Waals surface area contributed by atoms with E-state index in [1.165, 1.54) is 17.7 Å². The van der Waals surface area contributed by atoms with E-state index in [0.29, 0.717) is 0 Å². The van der Waals surface area contributed by atoms with Crippen LogP contribution in [-0.2, 0) is 6.42 Å². The van der Waals surface area contributed by atoms with Gasteiger partial charge in [0.05, 0.1) is 6.04 Å². The van der Waals surface area contributed by atoms with Crippen LogP contribution in [0.25, 0.3) is 0 Å². The summed E-state index contributed by atoms with van der Waals surface area (Å²) in [5.41, 5.74) is 6.85. The molecule has 0 bridgehead atoms. The molecule has 0 saturated carbocycles. The van der Waals surface area contributed by atoms with Crippen LogP contribution in [0.15, 0.2) is 42.5 Å². The first-order chi connectivity index (χ1) is 9.63. The number of hydrazine groups is 1. The van der Waals surface area contributed by atoms with Crippen molar-refractivity contribution in [2.75, 3.05) is 0 Å². The summed E-state index contributed by atoms with van der Waals surface area (Å²) in [7, 11) is 0. The van der Waals surface area contributed by atoms with Crippen molar-refractivity contribution in [2.45, 2.75) is 32.7 Å². The van der Waals surface area contributed by atoms with E-state index in [2.05, 4.69) is 36.6 Å². The quantitative estimate of drug-likeness (QED) is 0.644. The summed E-state index contributed by atoms with van der Waals surface area (Å²) < 4.78 is 13.5. The average Bonchev–Trinajstić information content (AvgIpc) is 2.41. The first-order valence-electron chi connectivity index (χ1n) is 6.96. The van der Waals surface area contributed by atoms with Gasteiger partial charge >= 0.3 is 0 Å². The van der Waals surface area contributed by atoms with Gasteiger partial charge in [-0.1, -0.05) is 43.7 Å². The highest BCUT2D eigenvalue weighted by molar-refractivity contribution is 5.35. The van der Waals surface area contributed by atoms with Gasteiger partial charge in [-0.25, -0.2) is 9.82 Å². The normalized spacial score (nSPS) is 12.4. The monoisotopic (exact) mass is 272 g/mol. The molecular formula is C17H21FN2. The highest BCUT2D eigenvalue weighted by Crippen LogP contribution is 2.23. The Balaban J connectivity index is 2.31. The third-order valence-electron chi connectivity index (χ3n) is 3.42. The molecule has 3 N–H and O–H groups in total. The highest BCUT2D eigenvalue weighted by atomic mass is 19.1. The van der Waals surface area contributed by atoms with Crippen molar-refractivity contribution in [3.63, 3.8) is 0 Å². The average molecular weight is 272 g/mol. The lowest BCUT2D eigenvalue weighted by atomic mass is 9.96. The molecule has 2 aromatic carbocycles. The summed E-state index contributed by atoms with van der Waals surface area (Å²) in [6, 6.07) is 13.1. The van der Waals surface area contributed by atoms with E-state index >= 15 is 0 Å². The summed E-state index contributed by atoms with van der Waals surface area (Å²) in [6.07, 6.45) is 2.20. The molecule has 0 radical (unpaired) electrons. The number of hydrogen-bond donors (Lipinski definition) is 2. The summed E-state index contributed by atoms with van der Waals surface area (Å²) in [5, 5.41) is 0. The maximum Gasteiger partial charge on any atom is 0.123 e. The van der Waals surface area contributed by atoms with Crippen molar-refractivity contribution >= 4 is 0 Å². The van der Waals surface area contributed by atoms with Crippen LogP contribution in [0, 0.1) is 12.7 Å². The molecule has 2 rings (SSSR count). The minimum atomic E-state index is -0.233. The van der Waals surface area contributed by atoms with Gasteiger partial charge in [0.15, 0.2) is 0 Å². The number of aryl methyl sites for hydroxylation is 2. The molecule has 2 nitrogen and oxygen atoms in total. The van der Waals surface area contributed by atoms with E-state index < -0.39 is 0 Å². The molecular weight excluding hydrogens is 251 g/mol. The molecule has 2 aromatic rings. The lowest BCUT2D eigenvalue weighted by Crippen LogP contribution is -2.29. The molecule has 3 heteroatoms. The summed E-state index contributed by atoms with van der Waals surface area (Å²) in [4.78, 5) is 0. The number of halogens is 1. The molecule has 0 aromatic heterocycles. The van der Waals surface area contributed by atoms with Crippen LogP contribution in [0.5, 0.6) is 0 Å². The van der Waals surface area contributed by atoms with E-state index in [9.17, 15) is 4.39 Å². The van der Waals surface area contributed by atoms with Crippen LogP contribution in [-0.4, -0.2) is 0 Å². The molecule has 0 saturated heterocycles. The van der Waals surface area contributed by atoms with Gasteiger partial charge in [-0.15, -0.1) is 0 Å². The predicted molar refractivity (Wildman–Crippen MR) is 80.7 cm³/mol. The van der Waals surface area contributed by atoms with Crippen LogP contribution in [0.2, 0.25) is 0 Å². The molecule has 0 fully saturated rings. The van der Waals surface area contributed by atoms with E-state index in [0.717, 1.165) is 29.5 Å². The minimum Gasteiger partial charge on any atom is -0.271 e. The fraction of sp³-hybridized carbons (Fsp3) is 0.294. The zero-order chi connectivity index (χ0) is 14.5. The Hall–Kier alpha value is -1.71. The first kappa shape index (κ1) is 14.7. The Morgan fingerprint density at radius 1 is 1.10 bits per heavy atom. The topological polar surface area (TPSA) is 38.0 Å². The van der Waals surface area contributed by atoms with Gasteiger partial charge in [0.2, 0.25) is 0 Å². The van der Waals surface area contributed by atoms with Crippen LogP contribution in [0.1, 0.15) is 41.6 Å². The lowest BCUT2D eigenvalue weighted by molar-refractivity contribution is 0.604. The standard InChI is InChI=1S/C17H21FN2/c1-3-4-13-5-7-14(8-6-13)17(20-19)15-9-12(2)10-16(18)11-15/h5-11,17,20H,3-4,19H2,1-2H3. The molecule has 0 heterocycles. The Kier molecular flexibility index (Phi) is 4.88. The largest absolute Gasteiger partial charge is 0.271 e. The maximum atomic E-state index is 13.5. The van der Waals surface area contributed by atoms with Crippen LogP contribution in [0.3, 0.4) is 0 Å². The predicted octanol–water partition coefficient (Wildman–Crippen LogP) is 3.64. The highest BCUT2D eigenvalue weighted by Gasteiger charge is 2.13. The van der Waals surface area contributed by atoms with Gasteiger partial charge in [-0.2, -0.15) is 0 Å². The van der Waals surface area contributed by atoms with Crippen LogP contribution >= 0.6 is 0 Å². The van der Waals surface area contributed by atoms with Crippen LogP contribution < -0.4 is 11.3 Å². The summed E-state index contributed by atoms with van der Waals surface area (Å²) in [6.45, 7) is 4.04. The summed E-state index contributed by atoms with van der Waals surface area (Å²) >= 11 is 0. The van der Waals surface area contributed by atoms with Crippen molar-refractivity contribution < 1.29 is 4.39 Å². The lowest BCUT2D eigenvalue weighted by Gasteiger charge is -2.18. The molecule has 1 unspecified atom stereocenters. The van der Waals surface area contributed by atoms with E-state index in [1.54, 1.807) is 0 Å². The SMILES string of the molecule is CCCc1ccc(C(NN)c2cc(C)cc(F)c2)cc1. The van der Waals surface area contributed by atoms with Crippen molar-refractivity contribution in [2.24, 2.45) is 5.84 Å². The van der Waals surface area contributed by atoms with E-state index in [1.807, 2.05) is 13.0 Å². The smallest absolute Gasteiger partial charge is 0.123 e. The zero-order valence-corrected chi connectivity index (χ0v) is 12.0. The number of benzene rings is 2. The van der Waals surface area contributed by atoms with Gasteiger partial charge in [0, 0.05) is 0 Å². The minimum absolute atomic E-state index is 0.194. The van der Waals surface area contributed by atoms with Gasteiger partial charge in [-0.05, 0) is 47.7 Å². The second-order valence-electron chi connectivity index (χ2n) is 5.15. The molecule has 0 aliphatic carbocycles. The van der Waals surface area contributed by atoms with E-state index in [4.69, 9.17) is 5.84 Å². The molecule has 0 amide bonds. The number of rotatable bonds is 5. The molecule has 1 atom stereocenters. The second-order valence-corrected chi connectivity index (χ2v) is 5.15. The zero-order valence-electron chi connectivity index (χ0n) is 12.0. The maximum absolute atomic E-state index is 13.5. The molecule has 106 valence electrons. The number of nitrogens with two attached hydrogens (primary N) is 1. The number of hydrogen-bond acceptors (Lipinski definition) is 2. The van der Waals surface area contributed by atoms with Crippen molar-refractivity contribution in [3.8, 4) is 0 Å². The number of nitrogens with one attached hydrogen (secondary N) is 1. The molecule has 0 aliphatic rings. The van der Waals surface area contributed by atoms with Crippen molar-refractivity contribution in [1.29, 1.82) is 0 Å². The van der Waals surface area contributed by atoms with Crippen LogP contribution in [0.4, 0.5) is 4.39 Å².